The van der Waals surface area contributed by atoms with Gasteiger partial charge in [0.15, 0.2) is 5.69 Å². The van der Waals surface area contributed by atoms with Crippen molar-refractivity contribution in [1.29, 1.82) is 0 Å². The van der Waals surface area contributed by atoms with Gasteiger partial charge in [-0.3, -0.25) is 19.3 Å². The van der Waals surface area contributed by atoms with E-state index < -0.39 is 47.0 Å². The molecule has 0 fully saturated rings. The molecular weight excluding hydrogens is 550 g/mol. The Labute approximate surface area is 229 Å². The molecule has 4 aromatic rings. The summed E-state index contributed by atoms with van der Waals surface area (Å²) in [6.07, 6.45) is -4.77. The predicted octanol–water partition coefficient (Wildman–Crippen LogP) is 4.69. The van der Waals surface area contributed by atoms with Crippen LogP contribution in [0.15, 0.2) is 78.9 Å². The van der Waals surface area contributed by atoms with E-state index in [1.165, 1.54) is 18.2 Å². The lowest BCUT2D eigenvalue weighted by Crippen LogP contribution is -2.44. The average molecular weight is 572 g/mol. The maximum atomic E-state index is 14.0. The molecule has 0 saturated heterocycles. The first-order chi connectivity index (χ1) is 19.0. The van der Waals surface area contributed by atoms with Crippen molar-refractivity contribution in [3.63, 3.8) is 0 Å². The van der Waals surface area contributed by atoms with Crippen molar-refractivity contribution in [2.45, 2.75) is 18.8 Å². The molecule has 3 amide bonds. The molecule has 1 atom stereocenters. The molecule has 40 heavy (non-hydrogen) atoms. The highest BCUT2D eigenvalue weighted by molar-refractivity contribution is 7.09. The van der Waals surface area contributed by atoms with Gasteiger partial charge in [0.05, 0.1) is 11.3 Å². The molecule has 0 aliphatic carbocycles. The quantitative estimate of drug-likeness (QED) is 0.264. The number of rotatable bonds is 8. The fourth-order valence-electron chi connectivity index (χ4n) is 3.90. The first-order valence-corrected chi connectivity index (χ1v) is 12.4. The molecule has 4 rings (SSSR count). The van der Waals surface area contributed by atoms with E-state index in [0.717, 1.165) is 29.2 Å². The molecule has 0 aliphatic rings. The van der Waals surface area contributed by atoms with Gasteiger partial charge in [-0.25, -0.2) is 4.39 Å². The van der Waals surface area contributed by atoms with Crippen LogP contribution in [0.25, 0.3) is 0 Å². The van der Waals surface area contributed by atoms with E-state index in [1.54, 1.807) is 30.3 Å². The minimum absolute atomic E-state index is 0.0243. The summed E-state index contributed by atoms with van der Waals surface area (Å²) in [4.78, 5) is 39.8. The van der Waals surface area contributed by atoms with Crippen molar-refractivity contribution in [1.82, 2.24) is 9.69 Å². The number of amides is 3. The summed E-state index contributed by atoms with van der Waals surface area (Å²) in [6.45, 7) is 0.0243. The van der Waals surface area contributed by atoms with E-state index in [9.17, 15) is 31.9 Å². The van der Waals surface area contributed by atoms with Crippen LogP contribution in [0.1, 0.15) is 42.9 Å². The lowest BCUT2D eigenvalue weighted by atomic mass is 10.0. The van der Waals surface area contributed by atoms with Gasteiger partial charge in [-0.15, -0.1) is 0 Å². The van der Waals surface area contributed by atoms with Crippen LogP contribution in [-0.2, 0) is 17.5 Å². The number of nitrogens with zero attached hydrogens (tertiary/aromatic N) is 2. The number of anilines is 2. The highest BCUT2D eigenvalue weighted by Crippen LogP contribution is 2.37. The topological polar surface area (TPSA) is 131 Å². The number of halogens is 4. The van der Waals surface area contributed by atoms with Crippen LogP contribution in [0.4, 0.5) is 28.9 Å². The van der Waals surface area contributed by atoms with Gasteiger partial charge >= 0.3 is 6.18 Å². The maximum Gasteiger partial charge on any atom is 0.416 e. The Morgan fingerprint density at radius 1 is 0.975 bits per heavy atom. The maximum absolute atomic E-state index is 14.0. The van der Waals surface area contributed by atoms with Crippen molar-refractivity contribution >= 4 is 40.6 Å². The van der Waals surface area contributed by atoms with Crippen LogP contribution in [0.2, 0.25) is 0 Å². The number of nitrogens with two attached hydrogens (primary N) is 2. The molecule has 0 aliphatic heterocycles. The molecule has 8 nitrogen and oxygen atoms in total. The molecule has 5 N–H and O–H groups in total. The molecular formula is C27H21F4N5O3S. The third-order valence-electron chi connectivity index (χ3n) is 5.83. The zero-order chi connectivity index (χ0) is 29.0. The molecule has 0 spiro atoms. The third kappa shape index (κ3) is 6.10. The number of nitrogens with one attached hydrogen (secondary N) is 1. The summed E-state index contributed by atoms with van der Waals surface area (Å²) >= 11 is 0.501. The van der Waals surface area contributed by atoms with Crippen molar-refractivity contribution in [2.75, 3.05) is 10.6 Å². The number of carbonyl (C=O) groups excluding carboxylic acids is 3. The number of benzene rings is 3. The van der Waals surface area contributed by atoms with Gasteiger partial charge < -0.3 is 16.8 Å². The highest BCUT2D eigenvalue weighted by atomic mass is 32.1. The smallest absolute Gasteiger partial charge is 0.395 e. The molecule has 1 aromatic heterocycles. The van der Waals surface area contributed by atoms with Crippen molar-refractivity contribution in [3.05, 3.63) is 112 Å². The van der Waals surface area contributed by atoms with Crippen LogP contribution in [-0.4, -0.2) is 22.1 Å². The zero-order valence-electron chi connectivity index (χ0n) is 20.5. The molecule has 0 bridgehead atoms. The molecule has 0 unspecified atom stereocenters. The summed E-state index contributed by atoms with van der Waals surface area (Å²) in [5.74, 6) is -3.46. The van der Waals surface area contributed by atoms with E-state index >= 15 is 0 Å². The Morgan fingerprint density at radius 3 is 2.25 bits per heavy atom. The number of aromatic nitrogens is 1. The summed E-state index contributed by atoms with van der Waals surface area (Å²) in [7, 11) is 0. The lowest BCUT2D eigenvalue weighted by molar-refractivity contribution is -0.137. The average Bonchev–Trinajstić information content (AvgIpc) is 3.32. The van der Waals surface area contributed by atoms with Gasteiger partial charge in [-0.2, -0.15) is 17.5 Å². The second kappa shape index (κ2) is 11.5. The Kier molecular flexibility index (Phi) is 8.14. The minimum atomic E-state index is -4.77. The van der Waals surface area contributed by atoms with Gasteiger partial charge in [0.2, 0.25) is 5.91 Å². The van der Waals surface area contributed by atoms with Gasteiger partial charge in [-0.1, -0.05) is 48.5 Å². The number of nitrogen functional groups attached to an aromatic ring is 1. The largest absolute Gasteiger partial charge is 0.416 e. The fraction of sp³-hybridized carbons (Fsp3) is 0.111. The number of hydrogen-bond donors (Lipinski definition) is 3. The monoisotopic (exact) mass is 571 g/mol. The van der Waals surface area contributed by atoms with Crippen molar-refractivity contribution in [3.8, 4) is 0 Å². The van der Waals surface area contributed by atoms with E-state index in [2.05, 4.69) is 9.69 Å². The van der Waals surface area contributed by atoms with Crippen molar-refractivity contribution < 1.29 is 31.9 Å². The van der Waals surface area contributed by atoms with Crippen LogP contribution < -0.4 is 21.7 Å². The molecule has 3 aromatic carbocycles. The lowest BCUT2D eigenvalue weighted by Gasteiger charge is -2.31. The third-order valence-corrected chi connectivity index (χ3v) is 6.68. The number of primary amides is 1. The number of alkyl halides is 3. The Balaban J connectivity index is 1.88. The second-order valence-electron chi connectivity index (χ2n) is 8.52. The van der Waals surface area contributed by atoms with E-state index in [0.29, 0.717) is 23.2 Å². The molecule has 1 heterocycles. The summed E-state index contributed by atoms with van der Waals surface area (Å²) < 4.78 is 58.5. The van der Waals surface area contributed by atoms with Gasteiger partial charge in [0.25, 0.3) is 11.8 Å². The van der Waals surface area contributed by atoms with E-state index in [4.69, 9.17) is 11.5 Å². The van der Waals surface area contributed by atoms with Gasteiger partial charge in [0.1, 0.15) is 16.7 Å². The standard InChI is InChI=1S/C27H21F4N5O3S/c28-18-11-9-16(10-12-18)22(25(38)34-14-15-5-2-1-3-6-15)36(19-8-4-7-17(13-19)27(29,30)31)26(39)23-20(32)21(24(33)37)35-40-23/h1-13,22H,14,32H2,(H2,33,37)(H,34,38)/t22-/m0/s1. The van der Waals surface area contributed by atoms with Gasteiger partial charge in [0, 0.05) is 12.2 Å². The molecule has 13 heteroatoms. The highest BCUT2D eigenvalue weighted by Gasteiger charge is 2.38. The zero-order valence-corrected chi connectivity index (χ0v) is 21.3. The molecule has 206 valence electrons. The number of carbonyl (C=O) groups is 3. The SMILES string of the molecule is NC(=O)c1nsc(C(=O)N(c2cccc(C(F)(F)F)c2)[C@H](C(=O)NCc2ccccc2)c2ccc(F)cc2)c1N. The normalized spacial score (nSPS) is 12.0. The fourth-order valence-corrected chi connectivity index (χ4v) is 4.64. The van der Waals surface area contributed by atoms with E-state index in [1.807, 2.05) is 0 Å². The first-order valence-electron chi connectivity index (χ1n) is 11.6. The first kappa shape index (κ1) is 28.2. The predicted molar refractivity (Wildman–Crippen MR) is 141 cm³/mol. The minimum Gasteiger partial charge on any atom is -0.395 e. The van der Waals surface area contributed by atoms with Crippen LogP contribution in [0, 0.1) is 5.82 Å². The Morgan fingerprint density at radius 2 is 1.65 bits per heavy atom. The second-order valence-corrected chi connectivity index (χ2v) is 9.29. The van der Waals surface area contributed by atoms with Crippen LogP contribution >= 0.6 is 11.5 Å². The summed E-state index contributed by atoms with van der Waals surface area (Å²) in [5, 5.41) is 2.69. The molecule has 0 radical (unpaired) electrons. The Hall–Kier alpha value is -4.78. The Bertz CT molecular complexity index is 1540. The summed E-state index contributed by atoms with van der Waals surface area (Å²) in [5.41, 5.74) is 9.85. The molecule has 0 saturated carbocycles. The van der Waals surface area contributed by atoms with Gasteiger partial charge in [-0.05, 0) is 53.0 Å². The van der Waals surface area contributed by atoms with Crippen LogP contribution in [0.5, 0.6) is 0 Å². The number of hydrogen-bond acceptors (Lipinski definition) is 6. The van der Waals surface area contributed by atoms with Crippen molar-refractivity contribution in [2.24, 2.45) is 5.73 Å². The van der Waals surface area contributed by atoms with E-state index in [-0.39, 0.29) is 28.4 Å². The summed E-state index contributed by atoms with van der Waals surface area (Å²) in [6, 6.07) is 15.5. The van der Waals surface area contributed by atoms with Crippen LogP contribution in [0.3, 0.4) is 0 Å².